The van der Waals surface area contributed by atoms with Crippen LogP contribution >= 0.6 is 0 Å². The average Bonchev–Trinajstić information content (AvgIpc) is 3.09. The molecule has 7 heteroatoms. The highest BCUT2D eigenvalue weighted by Crippen LogP contribution is 2.46. The second kappa shape index (κ2) is 8.47. The summed E-state index contributed by atoms with van der Waals surface area (Å²) < 4.78 is 25.4. The van der Waals surface area contributed by atoms with Gasteiger partial charge in [0.05, 0.1) is 25.5 Å². The van der Waals surface area contributed by atoms with E-state index in [1.807, 2.05) is 0 Å². The highest BCUT2D eigenvalue weighted by atomic mass is 19.1. The Morgan fingerprint density at radius 3 is 2.16 bits per heavy atom. The predicted octanol–water partition coefficient (Wildman–Crippen LogP) is 4.94. The molecule has 0 aliphatic carbocycles. The number of para-hydroxylation sites is 1. The monoisotopic (exact) mass is 433 g/mol. The molecular formula is C25H20FNO5. The van der Waals surface area contributed by atoms with Crippen molar-refractivity contribution < 1.29 is 28.9 Å². The number of hydrogen-bond donors (Lipinski definition) is 2. The highest BCUT2D eigenvalue weighted by molar-refractivity contribution is 6.15. The number of ketones is 1. The van der Waals surface area contributed by atoms with Crippen LogP contribution in [0.25, 0.3) is 16.9 Å². The van der Waals surface area contributed by atoms with Gasteiger partial charge >= 0.3 is 0 Å². The molecule has 6 nitrogen and oxygen atoms in total. The van der Waals surface area contributed by atoms with Crippen LogP contribution in [0.5, 0.6) is 23.1 Å². The Bertz CT molecular complexity index is 1280. The van der Waals surface area contributed by atoms with Gasteiger partial charge in [-0.05, 0) is 60.7 Å². The molecule has 1 aromatic heterocycles. The predicted molar refractivity (Wildman–Crippen MR) is 117 cm³/mol. The van der Waals surface area contributed by atoms with E-state index in [0.29, 0.717) is 22.7 Å². The Balaban J connectivity index is 2.02. The van der Waals surface area contributed by atoms with E-state index in [1.54, 1.807) is 48.5 Å². The van der Waals surface area contributed by atoms with Gasteiger partial charge < -0.3 is 19.7 Å². The van der Waals surface area contributed by atoms with Crippen LogP contribution in [0.1, 0.15) is 15.9 Å². The van der Waals surface area contributed by atoms with Crippen LogP contribution < -0.4 is 9.47 Å². The molecule has 0 fully saturated rings. The lowest BCUT2D eigenvalue weighted by atomic mass is 9.98. The van der Waals surface area contributed by atoms with Gasteiger partial charge in [-0.2, -0.15) is 0 Å². The van der Waals surface area contributed by atoms with Crippen LogP contribution in [0.15, 0.2) is 72.8 Å². The first-order valence-electron chi connectivity index (χ1n) is 9.71. The number of aromatic nitrogens is 1. The summed E-state index contributed by atoms with van der Waals surface area (Å²) in [6, 6.07) is 18.6. The van der Waals surface area contributed by atoms with Crippen molar-refractivity contribution in [3.63, 3.8) is 0 Å². The minimum Gasteiger partial charge on any atom is -0.503 e. The first-order valence-corrected chi connectivity index (χ1v) is 9.71. The van der Waals surface area contributed by atoms with E-state index in [2.05, 4.69) is 0 Å². The van der Waals surface area contributed by atoms with E-state index in [1.165, 1.54) is 43.1 Å². The van der Waals surface area contributed by atoms with Crippen molar-refractivity contribution in [3.05, 3.63) is 89.7 Å². The molecule has 0 amide bonds. The summed E-state index contributed by atoms with van der Waals surface area (Å²) in [5.74, 6) is -1.11. The summed E-state index contributed by atoms with van der Waals surface area (Å²) in [6.07, 6.45) is 0. The highest BCUT2D eigenvalue weighted by Gasteiger charge is 2.31. The number of aromatic hydroxyl groups is 2. The zero-order chi connectivity index (χ0) is 22.8. The summed E-state index contributed by atoms with van der Waals surface area (Å²) >= 11 is 0. The fraction of sp³-hybridized carbons (Fsp3) is 0.0800. The molecule has 0 spiro atoms. The molecule has 0 saturated heterocycles. The van der Waals surface area contributed by atoms with Crippen molar-refractivity contribution in [2.45, 2.75) is 0 Å². The first kappa shape index (κ1) is 21.0. The Kier molecular flexibility index (Phi) is 5.55. The van der Waals surface area contributed by atoms with Crippen LogP contribution in [0.3, 0.4) is 0 Å². The van der Waals surface area contributed by atoms with Crippen molar-refractivity contribution in [2.24, 2.45) is 0 Å². The second-order valence-electron chi connectivity index (χ2n) is 6.97. The number of nitrogens with zero attached hydrogens (tertiary/aromatic N) is 1. The van der Waals surface area contributed by atoms with Crippen LogP contribution in [-0.4, -0.2) is 34.8 Å². The third-order valence-corrected chi connectivity index (χ3v) is 5.15. The molecule has 0 atom stereocenters. The van der Waals surface area contributed by atoms with Gasteiger partial charge in [-0.25, -0.2) is 4.39 Å². The van der Waals surface area contributed by atoms with Crippen LogP contribution in [0, 0.1) is 5.82 Å². The molecule has 32 heavy (non-hydrogen) atoms. The van der Waals surface area contributed by atoms with E-state index in [0.717, 1.165) is 0 Å². The molecule has 0 aliphatic heterocycles. The third kappa shape index (κ3) is 3.54. The number of halogens is 1. The fourth-order valence-electron chi connectivity index (χ4n) is 3.59. The van der Waals surface area contributed by atoms with Crippen molar-refractivity contribution in [3.8, 4) is 40.1 Å². The van der Waals surface area contributed by atoms with E-state index < -0.39 is 23.2 Å². The maximum absolute atomic E-state index is 13.5. The van der Waals surface area contributed by atoms with Crippen LogP contribution in [-0.2, 0) is 0 Å². The summed E-state index contributed by atoms with van der Waals surface area (Å²) in [5, 5.41) is 21.7. The maximum atomic E-state index is 13.5. The molecule has 4 aromatic rings. The number of benzene rings is 3. The standard InChI is InChI=1S/C25H20FNO5/c1-31-18-13-7-15(8-14-18)23(28)21-22(19-5-3-4-6-20(19)32-2)27(25(30)24(21)29)17-11-9-16(26)10-12-17/h3-14,29-30H,1-2H3. The van der Waals surface area contributed by atoms with E-state index >= 15 is 0 Å². The molecule has 1 heterocycles. The van der Waals surface area contributed by atoms with Crippen molar-refractivity contribution in [2.75, 3.05) is 14.2 Å². The van der Waals surface area contributed by atoms with Crippen molar-refractivity contribution >= 4 is 5.78 Å². The maximum Gasteiger partial charge on any atom is 0.240 e. The van der Waals surface area contributed by atoms with Gasteiger partial charge in [0.15, 0.2) is 11.5 Å². The largest absolute Gasteiger partial charge is 0.503 e. The fourth-order valence-corrected chi connectivity index (χ4v) is 3.59. The number of ether oxygens (including phenoxy) is 2. The van der Waals surface area contributed by atoms with Gasteiger partial charge in [0.25, 0.3) is 0 Å². The zero-order valence-electron chi connectivity index (χ0n) is 17.4. The van der Waals surface area contributed by atoms with Gasteiger partial charge in [-0.3, -0.25) is 9.36 Å². The minimum absolute atomic E-state index is 0.110. The first-order chi connectivity index (χ1) is 15.5. The molecule has 0 radical (unpaired) electrons. The van der Waals surface area contributed by atoms with Gasteiger partial charge in [-0.15, -0.1) is 0 Å². The molecule has 2 N–H and O–H groups in total. The number of methoxy groups -OCH3 is 2. The molecule has 4 rings (SSSR count). The lowest BCUT2D eigenvalue weighted by molar-refractivity contribution is 0.103. The summed E-state index contributed by atoms with van der Waals surface area (Å²) in [5.41, 5.74) is 1.21. The third-order valence-electron chi connectivity index (χ3n) is 5.15. The molecule has 0 bridgehead atoms. The molecule has 0 aliphatic rings. The zero-order valence-corrected chi connectivity index (χ0v) is 17.4. The SMILES string of the molecule is COc1ccc(C(=O)c2c(O)c(O)n(-c3ccc(F)cc3)c2-c2ccccc2OC)cc1. The minimum atomic E-state index is -0.587. The van der Waals surface area contributed by atoms with Gasteiger partial charge in [0.1, 0.15) is 17.3 Å². The van der Waals surface area contributed by atoms with Gasteiger partial charge in [0.2, 0.25) is 5.88 Å². The number of hydrogen-bond acceptors (Lipinski definition) is 5. The Hall–Kier alpha value is -4.26. The summed E-state index contributed by atoms with van der Waals surface area (Å²) in [7, 11) is 3.00. The number of carbonyl (C=O) groups excluding carboxylic acids is 1. The Morgan fingerprint density at radius 2 is 1.53 bits per heavy atom. The average molecular weight is 433 g/mol. The Morgan fingerprint density at radius 1 is 0.875 bits per heavy atom. The smallest absolute Gasteiger partial charge is 0.240 e. The molecular weight excluding hydrogens is 413 g/mol. The van der Waals surface area contributed by atoms with Crippen LogP contribution in [0.4, 0.5) is 4.39 Å². The summed E-state index contributed by atoms with van der Waals surface area (Å²) in [4.78, 5) is 13.5. The number of rotatable bonds is 6. The van der Waals surface area contributed by atoms with E-state index in [-0.39, 0.29) is 16.8 Å². The molecule has 0 unspecified atom stereocenters. The lowest BCUT2D eigenvalue weighted by Crippen LogP contribution is -2.06. The quantitative estimate of drug-likeness (QED) is 0.421. The van der Waals surface area contributed by atoms with Crippen molar-refractivity contribution in [1.82, 2.24) is 4.57 Å². The topological polar surface area (TPSA) is 80.9 Å². The summed E-state index contributed by atoms with van der Waals surface area (Å²) in [6.45, 7) is 0. The van der Waals surface area contributed by atoms with Crippen LogP contribution in [0.2, 0.25) is 0 Å². The Labute approximate surface area is 183 Å². The lowest BCUT2D eigenvalue weighted by Gasteiger charge is -2.14. The van der Waals surface area contributed by atoms with E-state index in [9.17, 15) is 19.4 Å². The van der Waals surface area contributed by atoms with Gasteiger partial charge in [0, 0.05) is 16.8 Å². The van der Waals surface area contributed by atoms with Gasteiger partial charge in [-0.1, -0.05) is 12.1 Å². The van der Waals surface area contributed by atoms with E-state index in [4.69, 9.17) is 9.47 Å². The molecule has 162 valence electrons. The number of carbonyl (C=O) groups is 1. The second-order valence-corrected chi connectivity index (χ2v) is 6.97. The molecule has 3 aromatic carbocycles. The van der Waals surface area contributed by atoms with Crippen molar-refractivity contribution in [1.29, 1.82) is 0 Å². The molecule has 0 saturated carbocycles. The normalized spacial score (nSPS) is 10.7.